The maximum absolute atomic E-state index is 14.9. The van der Waals surface area contributed by atoms with E-state index in [2.05, 4.69) is 25.0 Å². The third-order valence-corrected chi connectivity index (χ3v) is 17.1. The largest absolute Gasteiger partial charge is 0.345 e. The highest BCUT2D eigenvalue weighted by Gasteiger charge is 2.25. The number of aromatic nitrogens is 9. The van der Waals surface area contributed by atoms with Gasteiger partial charge in [-0.05, 0) is 207 Å². The van der Waals surface area contributed by atoms with Crippen molar-refractivity contribution in [3.05, 3.63) is 332 Å². The van der Waals surface area contributed by atoms with Crippen molar-refractivity contribution < 1.29 is 24.0 Å². The van der Waals surface area contributed by atoms with E-state index in [4.69, 9.17) is 0 Å². The van der Waals surface area contributed by atoms with E-state index in [9.17, 15) is 67.1 Å². The number of nitrogens with zero attached hydrogens (tertiary/aromatic N) is 14. The summed E-state index contributed by atoms with van der Waals surface area (Å²) in [7, 11) is 0. The molecule has 0 amide bonds. The zero-order valence-corrected chi connectivity index (χ0v) is 54.8. The van der Waals surface area contributed by atoms with Crippen LogP contribution in [0.5, 0.6) is 0 Å². The summed E-state index contributed by atoms with van der Waals surface area (Å²) in [4.78, 5) is 206. The van der Waals surface area contributed by atoms with Gasteiger partial charge in [0.1, 0.15) is 0 Å². The summed E-state index contributed by atoms with van der Waals surface area (Å²) < 4.78 is 6.85. The molecule has 0 N–H and O–H groups in total. The average molecular weight is 1370 g/mol. The van der Waals surface area contributed by atoms with Crippen LogP contribution in [0.4, 0.5) is 28.4 Å². The number of rotatable bonds is 18. The molecular formula is C75H50N14O14. The van der Waals surface area contributed by atoms with Crippen molar-refractivity contribution in [1.29, 1.82) is 0 Å². The van der Waals surface area contributed by atoms with Crippen LogP contribution in [0.2, 0.25) is 0 Å². The molecule has 9 aromatic carbocycles. The number of isocyanates is 5. The first-order valence-electron chi connectivity index (χ1n) is 31.0. The van der Waals surface area contributed by atoms with Crippen molar-refractivity contribution >= 4 is 58.8 Å². The molecule has 0 radical (unpaired) electrons. The van der Waals surface area contributed by atoms with E-state index in [0.717, 1.165) is 41.1 Å². The number of benzene rings is 9. The van der Waals surface area contributed by atoms with Crippen molar-refractivity contribution in [3.63, 3.8) is 0 Å². The summed E-state index contributed by atoms with van der Waals surface area (Å²) in [6, 6.07) is 46.5. The predicted octanol–water partition coefficient (Wildman–Crippen LogP) is 7.60. The summed E-state index contributed by atoms with van der Waals surface area (Å²) in [6.45, 7) is 8.26. The quantitative estimate of drug-likeness (QED) is 0.0590. The summed E-state index contributed by atoms with van der Waals surface area (Å²) in [5.74, 6) is 0. The molecule has 0 atom stereocenters. The lowest BCUT2D eigenvalue weighted by Gasteiger charge is -2.16. The van der Waals surface area contributed by atoms with Crippen molar-refractivity contribution in [2.24, 2.45) is 25.0 Å². The fourth-order valence-corrected chi connectivity index (χ4v) is 11.7. The second-order valence-electron chi connectivity index (χ2n) is 23.5. The van der Waals surface area contributed by atoms with Crippen LogP contribution in [0, 0.1) is 34.6 Å². The first-order chi connectivity index (χ1) is 49.7. The summed E-state index contributed by atoms with van der Waals surface area (Å²) in [5, 5.41) is 0. The average Bonchev–Trinajstić information content (AvgIpc) is 0.757. The molecule has 103 heavy (non-hydrogen) atoms. The molecular weight excluding hydrogens is 1320 g/mol. The number of hydrogen-bond acceptors (Lipinski definition) is 19. The van der Waals surface area contributed by atoms with Crippen LogP contribution < -0.4 is 51.2 Å². The van der Waals surface area contributed by atoms with Crippen LogP contribution in [0.3, 0.4) is 0 Å². The molecule has 28 heteroatoms. The Labute approximate surface area is 577 Å². The monoisotopic (exact) mass is 1370 g/mol. The minimum Gasteiger partial charge on any atom is -0.246 e. The molecule has 3 aromatic heterocycles. The van der Waals surface area contributed by atoms with E-state index in [1.54, 1.807) is 83.1 Å². The normalized spacial score (nSPS) is 10.8. The van der Waals surface area contributed by atoms with Crippen LogP contribution in [0.1, 0.15) is 50.1 Å². The second kappa shape index (κ2) is 28.3. The van der Waals surface area contributed by atoms with Crippen molar-refractivity contribution in [3.8, 4) is 51.2 Å². The van der Waals surface area contributed by atoms with E-state index in [1.807, 2.05) is 0 Å². The molecule has 0 bridgehead atoms. The molecule has 0 fully saturated rings. The Morgan fingerprint density at radius 3 is 0.495 bits per heavy atom. The Kier molecular flexibility index (Phi) is 18.7. The first-order valence-corrected chi connectivity index (χ1v) is 31.0. The van der Waals surface area contributed by atoms with Crippen LogP contribution in [-0.2, 0) is 36.8 Å². The van der Waals surface area contributed by atoms with Gasteiger partial charge in [0.05, 0.1) is 79.6 Å². The van der Waals surface area contributed by atoms with Crippen LogP contribution >= 0.6 is 0 Å². The Balaban J connectivity index is 0.872. The maximum Gasteiger partial charge on any atom is 0.345 e. The molecule has 0 spiro atoms. The van der Waals surface area contributed by atoms with E-state index in [1.165, 1.54) is 170 Å². The summed E-state index contributed by atoms with van der Waals surface area (Å²) in [5.41, 5.74) is -3.92. The minimum atomic E-state index is -1.08. The summed E-state index contributed by atoms with van der Waals surface area (Å²) in [6.07, 6.45) is 7.74. The van der Waals surface area contributed by atoms with E-state index < -0.39 is 51.2 Å². The molecule has 28 nitrogen and oxygen atoms in total. The highest BCUT2D eigenvalue weighted by atomic mass is 16.2. The Hall–Kier alpha value is -14.9. The number of hydrogen-bond donors (Lipinski definition) is 0. The highest BCUT2D eigenvalue weighted by molar-refractivity contribution is 5.63. The fraction of sp³-hybridized carbons (Fsp3) is 0.0933. The molecule has 0 saturated carbocycles. The van der Waals surface area contributed by atoms with Gasteiger partial charge < -0.3 is 0 Å². The Morgan fingerprint density at radius 2 is 0.350 bits per heavy atom. The number of carbonyl (C=O) groups excluding carboxylic acids is 5. The van der Waals surface area contributed by atoms with E-state index in [0.29, 0.717) is 50.1 Å². The molecule has 0 aliphatic carbocycles. The molecule has 0 unspecified atom stereocenters. The maximum atomic E-state index is 14.9. The molecule has 0 saturated heterocycles. The van der Waals surface area contributed by atoms with Crippen LogP contribution in [0.25, 0.3) is 51.2 Å². The van der Waals surface area contributed by atoms with Crippen LogP contribution in [0.15, 0.2) is 256 Å². The SMILES string of the molecule is Cc1ccc(-n2c(=O)n(-c3ccc(Cc4ccc(-n5c(=O)n(-c6ccc(C)c(N=C=O)c6)c(=O)n(-c6ccc(C)c(N=C=O)c6)c5=O)cc4)cc3)c(=O)n(-c3ccc(Cc4ccc(-n5c(=O)n(-c6ccc(C)c(N=C=O)c6)c(=O)n(-c6ccc(C)c(N=C=O)c6)c5=O)cc4)cc3)c2=O)cc1N=C=O. The topological polar surface area (TPSA) is 345 Å². The molecule has 12 rings (SSSR count). The Morgan fingerprint density at radius 1 is 0.214 bits per heavy atom. The van der Waals surface area contributed by atoms with E-state index in [-0.39, 0.29) is 92.5 Å². The highest BCUT2D eigenvalue weighted by Crippen LogP contribution is 2.27. The summed E-state index contributed by atoms with van der Waals surface area (Å²) >= 11 is 0. The lowest BCUT2D eigenvalue weighted by atomic mass is 10.0. The molecule has 0 aliphatic heterocycles. The smallest absolute Gasteiger partial charge is 0.246 e. The van der Waals surface area contributed by atoms with Gasteiger partial charge in [-0.1, -0.05) is 78.9 Å². The fourth-order valence-electron chi connectivity index (χ4n) is 11.7. The van der Waals surface area contributed by atoms with Gasteiger partial charge in [0.25, 0.3) is 0 Å². The first kappa shape index (κ1) is 68.1. The Bertz CT molecular complexity index is 5850. The van der Waals surface area contributed by atoms with Gasteiger partial charge in [-0.3, -0.25) is 0 Å². The van der Waals surface area contributed by atoms with Gasteiger partial charge in [0, 0.05) is 0 Å². The zero-order valence-electron chi connectivity index (χ0n) is 54.8. The minimum absolute atomic E-state index is 0.0345. The number of aliphatic imine (C=N–C) groups is 5. The van der Waals surface area contributed by atoms with Gasteiger partial charge in [-0.25, -0.2) is 108 Å². The third kappa shape index (κ3) is 12.9. The van der Waals surface area contributed by atoms with Gasteiger partial charge in [0.15, 0.2) is 0 Å². The van der Waals surface area contributed by atoms with Gasteiger partial charge in [-0.15, -0.1) is 0 Å². The molecule has 3 heterocycles. The van der Waals surface area contributed by atoms with Gasteiger partial charge in [-0.2, -0.15) is 25.0 Å². The van der Waals surface area contributed by atoms with Crippen molar-refractivity contribution in [2.75, 3.05) is 0 Å². The molecule has 0 aliphatic rings. The van der Waals surface area contributed by atoms with Crippen LogP contribution in [-0.4, -0.2) is 71.5 Å². The molecule has 504 valence electrons. The van der Waals surface area contributed by atoms with Crippen molar-refractivity contribution in [1.82, 2.24) is 41.1 Å². The lowest BCUT2D eigenvalue weighted by molar-refractivity contribution is 0.564. The van der Waals surface area contributed by atoms with Gasteiger partial charge >= 0.3 is 51.2 Å². The van der Waals surface area contributed by atoms with E-state index >= 15 is 0 Å². The third-order valence-electron chi connectivity index (χ3n) is 17.1. The van der Waals surface area contributed by atoms with Gasteiger partial charge in [0.2, 0.25) is 30.4 Å². The zero-order chi connectivity index (χ0) is 73.1. The predicted molar refractivity (Wildman–Crippen MR) is 378 cm³/mol. The lowest BCUT2D eigenvalue weighted by Crippen LogP contribution is -2.52. The number of aryl methyl sites for hydroxylation is 5. The molecule has 12 aromatic rings. The van der Waals surface area contributed by atoms with Crippen molar-refractivity contribution in [2.45, 2.75) is 47.5 Å². The second-order valence-corrected chi connectivity index (χ2v) is 23.5. The standard InChI is InChI=1S/C75H50N14O14/c1-44-6-19-57(34-62(44)76-39-90)85-68(96)81(53-24-11-49(12-25-53)32-51-15-28-55(29-16-51)83-70(98)86(58-20-7-45(2)63(35-58)77-40-91)74(102)87(71(83)99)59-21-8-46(3)64(36-59)78-41-92)67(95)82(69(85)97)54-26-13-50(14-27-54)33-52-17-30-56(31-18-52)84-72(100)88(60-22-9-47(4)65(37-60)79-42-93)75(103)89(73(84)101)61-23-10-48(5)66(38-61)80-43-94/h6-31,34-38H,32-33H2,1-5H3.